The van der Waals surface area contributed by atoms with Gasteiger partial charge in [-0.3, -0.25) is 0 Å². The van der Waals surface area contributed by atoms with E-state index in [1.807, 2.05) is 71.0 Å². The Bertz CT molecular complexity index is 1330. The van der Waals surface area contributed by atoms with Crippen LogP contribution in [-0.2, 0) is 9.47 Å². The molecule has 8 nitrogen and oxygen atoms in total. The predicted octanol–water partition coefficient (Wildman–Crippen LogP) is 7.58. The molecule has 0 unspecified atom stereocenters. The number of ether oxygens (including phenoxy) is 4. The zero-order valence-electron chi connectivity index (χ0n) is 23.8. The summed E-state index contributed by atoms with van der Waals surface area (Å²) in [5.74, 6) is 1.11. The number of carbonyl (C=O) groups excluding carboxylic acids is 1. The van der Waals surface area contributed by atoms with Gasteiger partial charge in [0.2, 0.25) is 5.88 Å². The van der Waals surface area contributed by atoms with E-state index in [-0.39, 0.29) is 24.3 Å². The van der Waals surface area contributed by atoms with Crippen LogP contribution in [0.5, 0.6) is 11.6 Å². The molecule has 1 N–H and O–H groups in total. The van der Waals surface area contributed by atoms with Gasteiger partial charge in [0.15, 0.2) is 5.75 Å². The number of likely N-dealkylation sites (tertiary alicyclic amines) is 1. The van der Waals surface area contributed by atoms with E-state index in [2.05, 4.69) is 49.9 Å². The fourth-order valence-electron chi connectivity index (χ4n) is 4.38. The number of nitrogens with one attached hydrogen (secondary N) is 1. The van der Waals surface area contributed by atoms with Crippen molar-refractivity contribution >= 4 is 61.2 Å². The van der Waals surface area contributed by atoms with E-state index in [9.17, 15) is 4.79 Å². The molecule has 10 heteroatoms. The number of benzene rings is 2. The molecule has 1 aliphatic rings. The monoisotopic (exact) mass is 725 g/mol. The van der Waals surface area contributed by atoms with Gasteiger partial charge in [0, 0.05) is 47.0 Å². The highest BCUT2D eigenvalue weighted by Gasteiger charge is 2.30. The first-order valence-electron chi connectivity index (χ1n) is 13.4. The molecule has 2 aromatic carbocycles. The number of hydrogen-bond donors (Lipinski definition) is 1. The maximum absolute atomic E-state index is 12.7. The molecule has 4 rings (SSSR count). The van der Waals surface area contributed by atoms with Crippen molar-refractivity contribution in [1.29, 1.82) is 0 Å². The smallest absolute Gasteiger partial charge is 0.410 e. The number of aromatic nitrogens is 1. The highest BCUT2D eigenvalue weighted by molar-refractivity contribution is 14.1. The van der Waals surface area contributed by atoms with E-state index in [1.54, 1.807) is 12.0 Å². The molecule has 1 fully saturated rings. The van der Waals surface area contributed by atoms with Crippen molar-refractivity contribution in [2.75, 3.05) is 32.1 Å². The maximum Gasteiger partial charge on any atom is 0.410 e. The molecule has 2 heterocycles. The summed E-state index contributed by atoms with van der Waals surface area (Å²) in [6, 6.07) is 14.1. The van der Waals surface area contributed by atoms with Gasteiger partial charge in [-0.1, -0.05) is 30.3 Å². The van der Waals surface area contributed by atoms with Crippen LogP contribution in [0.4, 0.5) is 10.5 Å². The van der Waals surface area contributed by atoms with Crippen LogP contribution in [-0.4, -0.2) is 60.5 Å². The Morgan fingerprint density at radius 3 is 2.62 bits per heavy atom. The van der Waals surface area contributed by atoms with Crippen LogP contribution in [0.2, 0.25) is 0 Å². The van der Waals surface area contributed by atoms with Gasteiger partial charge < -0.3 is 29.2 Å². The van der Waals surface area contributed by atoms with Gasteiger partial charge >= 0.3 is 6.09 Å². The fourth-order valence-corrected chi connectivity index (χ4v) is 5.34. The summed E-state index contributed by atoms with van der Waals surface area (Å²) in [4.78, 5) is 19.3. The average molecular weight is 726 g/mol. The molecule has 1 saturated heterocycles. The molecule has 40 heavy (non-hydrogen) atoms. The summed E-state index contributed by atoms with van der Waals surface area (Å²) in [6.07, 6.45) is 0.205. The number of pyridine rings is 1. The molecule has 0 saturated carbocycles. The molecule has 3 atom stereocenters. The zero-order valence-corrected chi connectivity index (χ0v) is 27.5. The summed E-state index contributed by atoms with van der Waals surface area (Å²) in [5.41, 5.74) is 2.08. The molecular weight excluding hydrogens is 689 g/mol. The molecule has 3 aromatic rings. The van der Waals surface area contributed by atoms with Crippen LogP contribution < -0.4 is 14.8 Å². The van der Waals surface area contributed by atoms with Gasteiger partial charge in [-0.15, -0.1) is 0 Å². The second kappa shape index (κ2) is 13.1. The topological polar surface area (TPSA) is 82.2 Å². The van der Waals surface area contributed by atoms with Gasteiger partial charge in [-0.25, -0.2) is 9.78 Å². The Labute approximate surface area is 258 Å². The van der Waals surface area contributed by atoms with E-state index < -0.39 is 5.60 Å². The van der Waals surface area contributed by atoms with E-state index in [4.69, 9.17) is 23.9 Å². The Balaban J connectivity index is 1.69. The lowest BCUT2D eigenvalue weighted by Crippen LogP contribution is -2.36. The SMILES string of the molecule is CO[C@@H](C)COc1cc(N[C@H]2CCN(C(=O)OC(C)(C)C)C2)c2cc(I)c(Br)c(O[C@@H](C)c3ccccc3)c2n1. The number of rotatable bonds is 9. The van der Waals surface area contributed by atoms with E-state index in [0.29, 0.717) is 36.8 Å². The van der Waals surface area contributed by atoms with Crippen molar-refractivity contribution in [3.8, 4) is 11.6 Å². The van der Waals surface area contributed by atoms with Gasteiger partial charge in [0.1, 0.15) is 23.8 Å². The number of fused-ring (bicyclic) bond motifs is 1. The minimum Gasteiger partial charge on any atom is -0.483 e. The first-order chi connectivity index (χ1) is 18.9. The van der Waals surface area contributed by atoms with Crippen LogP contribution in [0, 0.1) is 3.57 Å². The van der Waals surface area contributed by atoms with E-state index in [1.165, 1.54) is 0 Å². The molecule has 0 radical (unpaired) electrons. The Morgan fingerprint density at radius 1 is 1.23 bits per heavy atom. The van der Waals surface area contributed by atoms with Crippen molar-refractivity contribution in [1.82, 2.24) is 9.88 Å². The molecule has 0 spiro atoms. The summed E-state index contributed by atoms with van der Waals surface area (Å²) in [6.45, 7) is 11.1. The van der Waals surface area contributed by atoms with Gasteiger partial charge in [-0.2, -0.15) is 0 Å². The number of halogens is 2. The van der Waals surface area contributed by atoms with Gasteiger partial charge in [0.05, 0.1) is 10.6 Å². The third kappa shape index (κ3) is 7.70. The quantitative estimate of drug-likeness (QED) is 0.228. The lowest BCUT2D eigenvalue weighted by atomic mass is 10.1. The Kier molecular flexibility index (Phi) is 10.0. The van der Waals surface area contributed by atoms with Gasteiger partial charge in [0.25, 0.3) is 0 Å². The van der Waals surface area contributed by atoms with Crippen molar-refractivity contribution in [3.63, 3.8) is 0 Å². The molecule has 0 bridgehead atoms. The van der Waals surface area contributed by atoms with Crippen LogP contribution in [0.15, 0.2) is 46.9 Å². The van der Waals surface area contributed by atoms with E-state index >= 15 is 0 Å². The zero-order chi connectivity index (χ0) is 29.0. The number of nitrogens with zero attached hydrogens (tertiary/aromatic N) is 2. The second-order valence-corrected chi connectivity index (χ2v) is 12.9. The van der Waals surface area contributed by atoms with Crippen molar-refractivity contribution in [2.24, 2.45) is 0 Å². The number of methoxy groups -OCH3 is 1. The fraction of sp³-hybridized carbons (Fsp3) is 0.467. The summed E-state index contributed by atoms with van der Waals surface area (Å²) >= 11 is 6.05. The Morgan fingerprint density at radius 2 is 1.95 bits per heavy atom. The van der Waals surface area contributed by atoms with Crippen LogP contribution in [0.3, 0.4) is 0 Å². The molecule has 1 amide bonds. The summed E-state index contributed by atoms with van der Waals surface area (Å²) in [7, 11) is 1.65. The highest BCUT2D eigenvalue weighted by atomic mass is 127. The maximum atomic E-state index is 12.7. The lowest BCUT2D eigenvalue weighted by molar-refractivity contribution is 0.0293. The summed E-state index contributed by atoms with van der Waals surface area (Å²) < 4.78 is 25.4. The van der Waals surface area contributed by atoms with Crippen LogP contribution in [0.25, 0.3) is 10.9 Å². The standard InChI is InChI=1S/C30H37BrIN3O5/c1-18(37-6)17-38-25-15-24(33-21-12-13-35(16-21)29(36)40-30(3,4)5)22-14-23(32)26(31)28(27(22)34-25)39-19(2)20-10-8-7-9-11-20/h7-11,14-15,18-19,21H,12-13,16-17H2,1-6H3,(H,33,34)/t18-,19-,21-/m0/s1. The molecule has 1 aliphatic heterocycles. The number of amides is 1. The largest absolute Gasteiger partial charge is 0.483 e. The number of anilines is 1. The number of hydrogen-bond acceptors (Lipinski definition) is 7. The van der Waals surface area contributed by atoms with Crippen molar-refractivity contribution in [2.45, 2.75) is 64.9 Å². The van der Waals surface area contributed by atoms with Crippen molar-refractivity contribution < 1.29 is 23.7 Å². The summed E-state index contributed by atoms with van der Waals surface area (Å²) in [5, 5.41) is 4.57. The first-order valence-corrected chi connectivity index (χ1v) is 15.3. The third-order valence-corrected chi connectivity index (χ3v) is 8.94. The molecule has 0 aliphatic carbocycles. The first kappa shape index (κ1) is 30.6. The normalized spacial score (nSPS) is 17.0. The number of carbonyl (C=O) groups is 1. The average Bonchev–Trinajstić information content (AvgIpc) is 3.38. The van der Waals surface area contributed by atoms with Gasteiger partial charge in [-0.05, 0) is 91.2 Å². The van der Waals surface area contributed by atoms with Crippen LogP contribution in [0.1, 0.15) is 52.7 Å². The lowest BCUT2D eigenvalue weighted by Gasteiger charge is -2.25. The molecule has 216 valence electrons. The predicted molar refractivity (Wildman–Crippen MR) is 169 cm³/mol. The minimum absolute atomic E-state index is 0.0396. The molecule has 1 aromatic heterocycles. The van der Waals surface area contributed by atoms with E-state index in [0.717, 1.165) is 31.1 Å². The van der Waals surface area contributed by atoms with Crippen LogP contribution >= 0.6 is 38.5 Å². The van der Waals surface area contributed by atoms with Crippen molar-refractivity contribution in [3.05, 3.63) is 56.1 Å². The molecular formula is C30H37BrIN3O5. The second-order valence-electron chi connectivity index (χ2n) is 11.0. The third-order valence-electron chi connectivity index (χ3n) is 6.56. The minimum atomic E-state index is -0.535. The Hall–Kier alpha value is -2.31. The highest BCUT2D eigenvalue weighted by Crippen LogP contribution is 2.42.